The number of ether oxygens (including phenoxy) is 2. The molecule has 3 rings (SSSR count). The first kappa shape index (κ1) is 23.1. The van der Waals surface area contributed by atoms with Crippen molar-refractivity contribution in [1.29, 1.82) is 0 Å². The number of methoxy groups -OCH3 is 1. The molecule has 0 bridgehead atoms. The Hall–Kier alpha value is -3.60. The van der Waals surface area contributed by atoms with E-state index in [9.17, 15) is 18.0 Å². The molecule has 8 nitrogen and oxygen atoms in total. The van der Waals surface area contributed by atoms with E-state index in [-0.39, 0.29) is 23.1 Å². The van der Waals surface area contributed by atoms with Gasteiger partial charge in [-0.25, -0.2) is 9.97 Å². The lowest BCUT2D eigenvalue weighted by Crippen LogP contribution is -2.17. The maximum Gasteiger partial charge on any atom is 0.411 e. The van der Waals surface area contributed by atoms with Crippen molar-refractivity contribution >= 4 is 17.4 Å². The van der Waals surface area contributed by atoms with Crippen LogP contribution in [0.25, 0.3) is 11.1 Å². The van der Waals surface area contributed by atoms with Gasteiger partial charge in [0.25, 0.3) is 0 Å². The number of anilines is 2. The maximum atomic E-state index is 12.3. The molecule has 168 valence electrons. The maximum absolute atomic E-state index is 12.3. The number of carbonyl (C=O) groups excluding carboxylic acids is 1. The molecule has 32 heavy (non-hydrogen) atoms. The van der Waals surface area contributed by atoms with Crippen LogP contribution in [-0.2, 0) is 11.3 Å². The fraction of sp³-hybridized carbons (Fsp3) is 0.286. The van der Waals surface area contributed by atoms with E-state index >= 15 is 0 Å². The number of nitrogens with one attached hydrogen (secondary N) is 1. The van der Waals surface area contributed by atoms with E-state index in [1.54, 1.807) is 24.4 Å². The number of carbonyl (C=O) groups is 1. The minimum absolute atomic E-state index is 0.0412. The van der Waals surface area contributed by atoms with E-state index < -0.39 is 19.4 Å². The summed E-state index contributed by atoms with van der Waals surface area (Å²) in [5.74, 6) is 0.222. The standard InChI is InChI=1S/C21H20F3N5O3/c1-12-6-14(9-25-29-12)17-5-4-15(8-19(17)31-3)26-20-27-16(7-18(28-20)13(2)30)10-32-11-21(22,23)24/h4-9H,10-11H2,1-3H3,(H,26,27,28). The molecule has 2 heterocycles. The summed E-state index contributed by atoms with van der Waals surface area (Å²) >= 11 is 0. The Morgan fingerprint density at radius 1 is 1.16 bits per heavy atom. The summed E-state index contributed by atoms with van der Waals surface area (Å²) in [5, 5.41) is 10.8. The third-order valence-electron chi connectivity index (χ3n) is 4.20. The summed E-state index contributed by atoms with van der Waals surface area (Å²) < 4.78 is 47.1. The number of Topliss-reactive ketones (excluding diaryl/α,β-unsaturated/α-hetero) is 1. The van der Waals surface area contributed by atoms with Crippen LogP contribution in [0, 0.1) is 6.92 Å². The van der Waals surface area contributed by atoms with E-state index in [4.69, 9.17) is 4.74 Å². The molecule has 0 aliphatic heterocycles. The fourth-order valence-electron chi connectivity index (χ4n) is 2.84. The molecule has 11 heteroatoms. The first-order valence-corrected chi connectivity index (χ1v) is 9.43. The molecule has 0 saturated carbocycles. The molecule has 1 aromatic carbocycles. The van der Waals surface area contributed by atoms with Crippen molar-refractivity contribution in [2.24, 2.45) is 0 Å². The molecule has 3 aromatic rings. The average molecular weight is 447 g/mol. The van der Waals surface area contributed by atoms with Crippen LogP contribution in [0.2, 0.25) is 0 Å². The van der Waals surface area contributed by atoms with E-state index in [0.717, 1.165) is 16.8 Å². The minimum Gasteiger partial charge on any atom is -0.496 e. The molecule has 0 fully saturated rings. The van der Waals surface area contributed by atoms with E-state index in [1.807, 2.05) is 13.0 Å². The number of hydrogen-bond donors (Lipinski definition) is 1. The molecule has 0 aliphatic rings. The first-order chi connectivity index (χ1) is 15.1. The first-order valence-electron chi connectivity index (χ1n) is 9.43. The lowest BCUT2D eigenvalue weighted by molar-refractivity contribution is -0.176. The Labute approximate surface area is 181 Å². The normalized spacial score (nSPS) is 11.3. The summed E-state index contributed by atoms with van der Waals surface area (Å²) in [7, 11) is 1.52. The van der Waals surface area contributed by atoms with Gasteiger partial charge in [-0.05, 0) is 31.2 Å². The van der Waals surface area contributed by atoms with Crippen molar-refractivity contribution < 1.29 is 27.4 Å². The second kappa shape index (κ2) is 9.69. The number of aryl methyl sites for hydroxylation is 1. The highest BCUT2D eigenvalue weighted by Crippen LogP contribution is 2.33. The van der Waals surface area contributed by atoms with Gasteiger partial charge in [-0.2, -0.15) is 23.4 Å². The second-order valence-corrected chi connectivity index (χ2v) is 6.86. The van der Waals surface area contributed by atoms with Gasteiger partial charge in [0.05, 0.1) is 31.3 Å². The van der Waals surface area contributed by atoms with Crippen LogP contribution in [0.4, 0.5) is 24.8 Å². The molecule has 0 amide bonds. The van der Waals surface area contributed by atoms with Gasteiger partial charge in [0, 0.05) is 29.8 Å². The number of hydrogen-bond acceptors (Lipinski definition) is 8. The van der Waals surface area contributed by atoms with Crippen molar-refractivity contribution in [3.63, 3.8) is 0 Å². The number of alkyl halides is 3. The smallest absolute Gasteiger partial charge is 0.411 e. The highest BCUT2D eigenvalue weighted by Gasteiger charge is 2.27. The molecule has 2 aromatic heterocycles. The van der Waals surface area contributed by atoms with Gasteiger partial charge >= 0.3 is 6.18 Å². The summed E-state index contributed by atoms with van der Waals surface area (Å²) in [4.78, 5) is 20.1. The molecule has 1 N–H and O–H groups in total. The summed E-state index contributed by atoms with van der Waals surface area (Å²) in [6, 6.07) is 8.42. The molecule has 0 radical (unpaired) electrons. The van der Waals surface area contributed by atoms with Crippen LogP contribution in [-0.4, -0.2) is 45.8 Å². The zero-order valence-electron chi connectivity index (χ0n) is 17.5. The van der Waals surface area contributed by atoms with Crippen LogP contribution in [0.3, 0.4) is 0 Å². The van der Waals surface area contributed by atoms with Crippen molar-refractivity contribution in [2.75, 3.05) is 19.0 Å². The van der Waals surface area contributed by atoms with Crippen LogP contribution < -0.4 is 10.1 Å². The highest BCUT2D eigenvalue weighted by molar-refractivity contribution is 5.92. The third kappa shape index (κ3) is 6.20. The highest BCUT2D eigenvalue weighted by atomic mass is 19.4. The predicted octanol–water partition coefficient (Wildman–Crippen LogP) is 4.28. The average Bonchev–Trinajstić information content (AvgIpc) is 2.72. The topological polar surface area (TPSA) is 99.1 Å². The van der Waals surface area contributed by atoms with Gasteiger partial charge in [-0.15, -0.1) is 0 Å². The Bertz CT molecular complexity index is 1120. The molecule has 0 aliphatic carbocycles. The van der Waals surface area contributed by atoms with Gasteiger partial charge in [0.15, 0.2) is 5.78 Å². The van der Waals surface area contributed by atoms with Gasteiger partial charge in [-0.3, -0.25) is 4.79 Å². The van der Waals surface area contributed by atoms with Gasteiger partial charge in [0.1, 0.15) is 18.1 Å². The minimum atomic E-state index is -4.46. The van der Waals surface area contributed by atoms with E-state index in [0.29, 0.717) is 11.4 Å². The summed E-state index contributed by atoms with van der Waals surface area (Å²) in [6.45, 7) is 1.29. The largest absolute Gasteiger partial charge is 0.496 e. The van der Waals surface area contributed by atoms with Crippen molar-refractivity contribution in [3.05, 3.63) is 53.6 Å². The van der Waals surface area contributed by atoms with Gasteiger partial charge in [-0.1, -0.05) is 0 Å². The predicted molar refractivity (Wildman–Crippen MR) is 110 cm³/mol. The molecular weight excluding hydrogens is 427 g/mol. The second-order valence-electron chi connectivity index (χ2n) is 6.86. The molecule has 0 spiro atoms. The third-order valence-corrected chi connectivity index (χ3v) is 4.20. The Balaban J connectivity index is 1.86. The zero-order chi connectivity index (χ0) is 23.3. The molecular formula is C21H20F3N5O3. The van der Waals surface area contributed by atoms with Crippen molar-refractivity contribution in [3.8, 4) is 16.9 Å². The van der Waals surface area contributed by atoms with Gasteiger partial charge < -0.3 is 14.8 Å². The van der Waals surface area contributed by atoms with Crippen molar-refractivity contribution in [1.82, 2.24) is 20.2 Å². The monoisotopic (exact) mass is 447 g/mol. The van der Waals surface area contributed by atoms with Crippen molar-refractivity contribution in [2.45, 2.75) is 26.6 Å². The van der Waals surface area contributed by atoms with Crippen LogP contribution in [0.1, 0.15) is 28.8 Å². The number of nitrogens with zero attached hydrogens (tertiary/aromatic N) is 4. The fourth-order valence-corrected chi connectivity index (χ4v) is 2.84. The van der Waals surface area contributed by atoms with E-state index in [2.05, 4.69) is 30.2 Å². The SMILES string of the molecule is COc1cc(Nc2nc(COCC(F)(F)F)cc(C(C)=O)n2)ccc1-c1cnnc(C)c1. The van der Waals surface area contributed by atoms with Crippen LogP contribution in [0.5, 0.6) is 5.75 Å². The Morgan fingerprint density at radius 2 is 1.94 bits per heavy atom. The quantitative estimate of drug-likeness (QED) is 0.511. The number of halogens is 3. The van der Waals surface area contributed by atoms with Crippen LogP contribution in [0.15, 0.2) is 36.5 Å². The van der Waals surface area contributed by atoms with E-state index in [1.165, 1.54) is 20.1 Å². The molecule has 0 unspecified atom stereocenters. The summed E-state index contributed by atoms with van der Waals surface area (Å²) in [5.41, 5.74) is 3.10. The number of benzene rings is 1. The zero-order valence-corrected chi connectivity index (χ0v) is 17.5. The number of aromatic nitrogens is 4. The lowest BCUT2D eigenvalue weighted by atomic mass is 10.1. The summed E-state index contributed by atoms with van der Waals surface area (Å²) in [6.07, 6.45) is -2.84. The number of rotatable bonds is 8. The van der Waals surface area contributed by atoms with Crippen LogP contribution >= 0.6 is 0 Å². The Kier molecular flexibility index (Phi) is 6.98. The lowest BCUT2D eigenvalue weighted by Gasteiger charge is -2.13. The Morgan fingerprint density at radius 3 is 2.59 bits per heavy atom. The number of ketones is 1. The molecule has 0 saturated heterocycles. The van der Waals surface area contributed by atoms with Gasteiger partial charge in [0.2, 0.25) is 5.95 Å². The molecule has 0 atom stereocenters.